The Labute approximate surface area is 201 Å². The Morgan fingerprint density at radius 1 is 1.03 bits per heavy atom. The number of carboxylic acid groups (broad SMARTS) is 1. The molecule has 2 aliphatic rings. The summed E-state index contributed by atoms with van der Waals surface area (Å²) in [6.07, 6.45) is 0.0116. The molecule has 2 amide bonds. The van der Waals surface area contributed by atoms with Gasteiger partial charge in [0, 0.05) is 25.4 Å². The topological polar surface area (TPSA) is 105 Å². The average molecular weight is 487 g/mol. The molecule has 1 fully saturated rings. The summed E-state index contributed by atoms with van der Waals surface area (Å²) < 4.78 is 32.4. The number of carbonyl (C=O) groups excluding carboxylic acids is 2. The van der Waals surface area contributed by atoms with Crippen molar-refractivity contribution >= 4 is 18.0 Å². The number of benzene rings is 2. The van der Waals surface area contributed by atoms with Crippen molar-refractivity contribution < 1.29 is 33.0 Å². The van der Waals surface area contributed by atoms with Gasteiger partial charge in [-0.25, -0.2) is 13.6 Å². The Hall–Kier alpha value is -3.49. The number of alkyl carbamates (subject to hydrolysis) is 1. The molecule has 3 atom stereocenters. The predicted octanol–water partition coefficient (Wildman–Crippen LogP) is 4.02. The maximum absolute atomic E-state index is 13.5. The summed E-state index contributed by atoms with van der Waals surface area (Å²) >= 11 is 0. The fourth-order valence-electron chi connectivity index (χ4n) is 4.78. The van der Waals surface area contributed by atoms with E-state index in [1.165, 1.54) is 0 Å². The zero-order valence-electron chi connectivity index (χ0n) is 19.3. The van der Waals surface area contributed by atoms with Crippen LogP contribution in [0.1, 0.15) is 36.8 Å². The molecule has 9 heteroatoms. The molecule has 0 aliphatic heterocycles. The van der Waals surface area contributed by atoms with E-state index in [1.54, 1.807) is 0 Å². The maximum Gasteiger partial charge on any atom is 0.407 e. The lowest BCUT2D eigenvalue weighted by atomic mass is 9.98. The van der Waals surface area contributed by atoms with Gasteiger partial charge in [-0.05, 0) is 28.2 Å². The van der Waals surface area contributed by atoms with Crippen molar-refractivity contribution in [3.8, 4) is 11.1 Å². The molecule has 0 heterocycles. The molecule has 186 valence electrons. The van der Waals surface area contributed by atoms with Crippen molar-refractivity contribution in [3.63, 3.8) is 0 Å². The molecule has 0 saturated heterocycles. The number of hydrogen-bond donors (Lipinski definition) is 3. The van der Waals surface area contributed by atoms with Crippen LogP contribution in [0, 0.1) is 17.8 Å². The van der Waals surface area contributed by atoms with Gasteiger partial charge < -0.3 is 20.5 Å². The number of ether oxygens (including phenoxy) is 1. The third-order valence-electron chi connectivity index (χ3n) is 6.92. The third kappa shape index (κ3) is 5.13. The monoisotopic (exact) mass is 486 g/mol. The van der Waals surface area contributed by atoms with Gasteiger partial charge in [0.1, 0.15) is 12.5 Å². The summed E-state index contributed by atoms with van der Waals surface area (Å²) in [6, 6.07) is 16.0. The number of alkyl halides is 2. The zero-order chi connectivity index (χ0) is 25.2. The summed E-state index contributed by atoms with van der Waals surface area (Å²) in [6.45, 7) is 1.83. The Morgan fingerprint density at radius 2 is 1.63 bits per heavy atom. The second kappa shape index (κ2) is 10.0. The predicted molar refractivity (Wildman–Crippen MR) is 124 cm³/mol. The first-order valence-electron chi connectivity index (χ1n) is 11.7. The van der Waals surface area contributed by atoms with Gasteiger partial charge in [0.2, 0.25) is 5.91 Å². The van der Waals surface area contributed by atoms with Gasteiger partial charge in [0.25, 0.3) is 5.92 Å². The first kappa shape index (κ1) is 24.6. The molecular formula is C26H28F2N2O5. The number of halogens is 2. The van der Waals surface area contributed by atoms with Crippen LogP contribution >= 0.6 is 0 Å². The maximum atomic E-state index is 13.5. The van der Waals surface area contributed by atoms with Crippen LogP contribution < -0.4 is 10.6 Å². The van der Waals surface area contributed by atoms with Gasteiger partial charge in [-0.2, -0.15) is 0 Å². The van der Waals surface area contributed by atoms with Crippen LogP contribution in [0.5, 0.6) is 0 Å². The van der Waals surface area contributed by atoms with Crippen molar-refractivity contribution in [2.75, 3.05) is 19.7 Å². The van der Waals surface area contributed by atoms with Gasteiger partial charge in [0.05, 0.1) is 5.92 Å². The highest BCUT2D eigenvalue weighted by molar-refractivity contribution is 5.79. The molecule has 7 nitrogen and oxygen atoms in total. The Bertz CT molecular complexity index is 1080. The van der Waals surface area contributed by atoms with E-state index in [-0.39, 0.29) is 38.0 Å². The summed E-state index contributed by atoms with van der Waals surface area (Å²) in [7, 11) is 0. The van der Waals surface area contributed by atoms with E-state index in [9.17, 15) is 23.2 Å². The highest BCUT2D eigenvalue weighted by atomic mass is 19.3. The van der Waals surface area contributed by atoms with Crippen molar-refractivity contribution in [1.82, 2.24) is 10.6 Å². The number of rotatable bonds is 10. The second-order valence-electron chi connectivity index (χ2n) is 9.09. The lowest BCUT2D eigenvalue weighted by Gasteiger charge is -2.17. The number of nitrogens with one attached hydrogen (secondary N) is 2. The fourth-order valence-corrected chi connectivity index (χ4v) is 4.78. The standard InChI is InChI=1S/C26H28F2N2O5/c1-2-15(11-22(31)29-13-21-23(24(32)33)26(21,27)28)12-30-25(34)35-14-20-18-9-5-3-7-16(18)17-8-4-6-10-19(17)20/h3-10,15,20-21,23H,2,11-14H2,1H3,(H,29,31)(H,30,34)(H,32,33). The van der Waals surface area contributed by atoms with Crippen LogP contribution in [-0.4, -0.2) is 48.7 Å². The van der Waals surface area contributed by atoms with Crippen LogP contribution in [0.15, 0.2) is 48.5 Å². The molecule has 0 spiro atoms. The molecule has 2 aromatic carbocycles. The molecule has 0 bridgehead atoms. The van der Waals surface area contributed by atoms with E-state index in [0.29, 0.717) is 6.42 Å². The number of hydrogen-bond acceptors (Lipinski definition) is 4. The number of carboxylic acids is 1. The van der Waals surface area contributed by atoms with Gasteiger partial charge in [-0.1, -0.05) is 61.9 Å². The van der Waals surface area contributed by atoms with Gasteiger partial charge in [-0.3, -0.25) is 9.59 Å². The number of carbonyl (C=O) groups is 3. The number of fused-ring (bicyclic) bond motifs is 3. The molecule has 0 radical (unpaired) electrons. The average Bonchev–Trinajstić information content (AvgIpc) is 3.26. The van der Waals surface area contributed by atoms with E-state index in [4.69, 9.17) is 9.84 Å². The highest BCUT2D eigenvalue weighted by Crippen LogP contribution is 2.54. The van der Waals surface area contributed by atoms with Gasteiger partial charge in [0.15, 0.2) is 0 Å². The van der Waals surface area contributed by atoms with E-state index in [1.807, 2.05) is 43.3 Å². The largest absolute Gasteiger partial charge is 0.481 e. The van der Waals surface area contributed by atoms with E-state index in [0.717, 1.165) is 22.3 Å². The molecular weight excluding hydrogens is 458 g/mol. The van der Waals surface area contributed by atoms with Crippen molar-refractivity contribution in [3.05, 3.63) is 59.7 Å². The highest BCUT2D eigenvalue weighted by Gasteiger charge is 2.72. The molecule has 2 aliphatic carbocycles. The second-order valence-corrected chi connectivity index (χ2v) is 9.09. The molecule has 4 rings (SSSR count). The van der Waals surface area contributed by atoms with E-state index >= 15 is 0 Å². The first-order chi connectivity index (χ1) is 16.7. The Balaban J connectivity index is 1.23. The van der Waals surface area contributed by atoms with Crippen LogP contribution in [0.25, 0.3) is 11.1 Å². The number of amides is 2. The van der Waals surface area contributed by atoms with Crippen molar-refractivity contribution in [1.29, 1.82) is 0 Å². The summed E-state index contributed by atoms with van der Waals surface area (Å²) in [5.74, 6) is -8.73. The molecule has 2 aromatic rings. The summed E-state index contributed by atoms with van der Waals surface area (Å²) in [5, 5.41) is 13.9. The SMILES string of the molecule is CCC(CNC(=O)OCC1c2ccccc2-c2ccccc21)CC(=O)NCC1C(C(=O)O)C1(F)F. The normalized spacial score (nSPS) is 20.3. The molecule has 3 N–H and O–H groups in total. The van der Waals surface area contributed by atoms with Gasteiger partial charge in [-0.15, -0.1) is 0 Å². The first-order valence-corrected chi connectivity index (χ1v) is 11.7. The van der Waals surface area contributed by atoms with Crippen LogP contribution in [0.3, 0.4) is 0 Å². The summed E-state index contributed by atoms with van der Waals surface area (Å²) in [5.41, 5.74) is 4.48. The van der Waals surface area contributed by atoms with Crippen LogP contribution in [0.4, 0.5) is 13.6 Å². The van der Waals surface area contributed by atoms with Gasteiger partial charge >= 0.3 is 12.1 Å². The molecule has 3 unspecified atom stereocenters. The molecule has 1 saturated carbocycles. The minimum Gasteiger partial charge on any atom is -0.481 e. The van der Waals surface area contributed by atoms with E-state index in [2.05, 4.69) is 22.8 Å². The van der Waals surface area contributed by atoms with Crippen LogP contribution in [-0.2, 0) is 14.3 Å². The Kier molecular flexibility index (Phi) is 7.05. The Morgan fingerprint density at radius 3 is 2.17 bits per heavy atom. The quantitative estimate of drug-likeness (QED) is 0.471. The molecule has 35 heavy (non-hydrogen) atoms. The van der Waals surface area contributed by atoms with Crippen molar-refractivity contribution in [2.24, 2.45) is 17.8 Å². The molecule has 0 aromatic heterocycles. The zero-order valence-corrected chi connectivity index (χ0v) is 19.3. The fraction of sp³-hybridized carbons (Fsp3) is 0.423. The van der Waals surface area contributed by atoms with Crippen LogP contribution in [0.2, 0.25) is 0 Å². The summed E-state index contributed by atoms with van der Waals surface area (Å²) in [4.78, 5) is 35.3. The lowest BCUT2D eigenvalue weighted by Crippen LogP contribution is -2.34. The third-order valence-corrected chi connectivity index (χ3v) is 6.92. The van der Waals surface area contributed by atoms with Crippen molar-refractivity contribution in [2.45, 2.75) is 31.6 Å². The number of aliphatic carboxylic acids is 1. The smallest absolute Gasteiger partial charge is 0.407 e. The minimum atomic E-state index is -3.30. The van der Waals surface area contributed by atoms with E-state index < -0.39 is 35.7 Å². The minimum absolute atomic E-state index is 0.0240. The lowest BCUT2D eigenvalue weighted by molar-refractivity contribution is -0.141.